The highest BCUT2D eigenvalue weighted by molar-refractivity contribution is 6.30. The van der Waals surface area contributed by atoms with Crippen LogP contribution in [0.4, 0.5) is 5.69 Å². The van der Waals surface area contributed by atoms with Crippen LogP contribution >= 0.6 is 11.6 Å². The summed E-state index contributed by atoms with van der Waals surface area (Å²) in [5.41, 5.74) is 3.18. The van der Waals surface area contributed by atoms with Gasteiger partial charge in [-0.25, -0.2) is 4.98 Å². The Morgan fingerprint density at radius 3 is 2.83 bits per heavy atom. The fraction of sp³-hybridized carbons (Fsp3) is 0.0714. The van der Waals surface area contributed by atoms with Crippen LogP contribution in [-0.4, -0.2) is 9.97 Å². The lowest BCUT2D eigenvalue weighted by Gasteiger charge is -2.05. The number of pyridine rings is 1. The Bertz CT molecular complexity index is 658. The lowest BCUT2D eigenvalue weighted by atomic mass is 10.2. The van der Waals surface area contributed by atoms with Crippen LogP contribution in [0.2, 0.25) is 5.02 Å². The highest BCUT2D eigenvalue weighted by atomic mass is 35.5. The molecule has 18 heavy (non-hydrogen) atoms. The van der Waals surface area contributed by atoms with Crippen LogP contribution < -0.4 is 5.32 Å². The fourth-order valence-corrected chi connectivity index (χ4v) is 2.05. The van der Waals surface area contributed by atoms with Gasteiger partial charge in [0.25, 0.3) is 0 Å². The molecule has 3 rings (SSSR count). The lowest BCUT2D eigenvalue weighted by molar-refractivity contribution is 1.16. The Kier molecular flexibility index (Phi) is 2.90. The zero-order valence-electron chi connectivity index (χ0n) is 9.65. The molecule has 90 valence electrons. The summed E-state index contributed by atoms with van der Waals surface area (Å²) >= 11 is 5.85. The molecule has 2 N–H and O–H groups in total. The van der Waals surface area contributed by atoms with E-state index < -0.39 is 0 Å². The fourth-order valence-electron chi connectivity index (χ4n) is 1.92. The number of anilines is 1. The first-order valence-corrected chi connectivity index (χ1v) is 6.11. The van der Waals surface area contributed by atoms with Crippen LogP contribution in [0.1, 0.15) is 5.56 Å². The van der Waals surface area contributed by atoms with E-state index in [-0.39, 0.29) is 0 Å². The van der Waals surface area contributed by atoms with Crippen molar-refractivity contribution in [2.75, 3.05) is 5.32 Å². The van der Waals surface area contributed by atoms with Crippen molar-refractivity contribution in [3.8, 4) is 0 Å². The second-order valence-electron chi connectivity index (χ2n) is 4.07. The van der Waals surface area contributed by atoms with Crippen molar-refractivity contribution < 1.29 is 0 Å². The summed E-state index contributed by atoms with van der Waals surface area (Å²) in [7, 11) is 0. The number of hydrogen-bond acceptors (Lipinski definition) is 2. The summed E-state index contributed by atoms with van der Waals surface area (Å²) < 4.78 is 0. The molecule has 0 amide bonds. The molecule has 0 aliphatic heterocycles. The van der Waals surface area contributed by atoms with Gasteiger partial charge in [-0.15, -0.1) is 0 Å². The molecule has 2 aromatic heterocycles. The van der Waals surface area contributed by atoms with E-state index in [0.717, 1.165) is 28.3 Å². The van der Waals surface area contributed by atoms with Crippen molar-refractivity contribution in [3.05, 3.63) is 59.4 Å². The van der Waals surface area contributed by atoms with Gasteiger partial charge in [0.15, 0.2) is 0 Å². The van der Waals surface area contributed by atoms with Gasteiger partial charge in [0.2, 0.25) is 0 Å². The minimum atomic E-state index is 0.747. The zero-order valence-corrected chi connectivity index (χ0v) is 10.4. The number of nitrogens with one attached hydrogen (secondary N) is 2. The number of rotatable bonds is 3. The molecule has 4 heteroatoms. The third-order valence-corrected chi connectivity index (χ3v) is 3.12. The van der Waals surface area contributed by atoms with E-state index in [0.29, 0.717) is 0 Å². The van der Waals surface area contributed by atoms with Gasteiger partial charge in [0.1, 0.15) is 5.65 Å². The van der Waals surface area contributed by atoms with E-state index in [1.165, 1.54) is 5.56 Å². The predicted molar refractivity (Wildman–Crippen MR) is 74.9 cm³/mol. The van der Waals surface area contributed by atoms with Gasteiger partial charge in [-0.05, 0) is 42.0 Å². The Balaban J connectivity index is 1.79. The van der Waals surface area contributed by atoms with Gasteiger partial charge in [0.05, 0.1) is 0 Å². The number of nitrogens with zero attached hydrogens (tertiary/aromatic N) is 1. The van der Waals surface area contributed by atoms with Crippen LogP contribution in [-0.2, 0) is 6.54 Å². The first-order chi connectivity index (χ1) is 8.83. The molecular formula is C14H12ClN3. The highest BCUT2D eigenvalue weighted by Crippen LogP contribution is 2.18. The molecule has 3 nitrogen and oxygen atoms in total. The van der Waals surface area contributed by atoms with Crippen LogP contribution in [0.15, 0.2) is 48.8 Å². The average molecular weight is 258 g/mol. The maximum atomic E-state index is 5.85. The van der Waals surface area contributed by atoms with E-state index in [1.54, 1.807) is 6.20 Å². The number of fused-ring (bicyclic) bond motifs is 1. The highest BCUT2D eigenvalue weighted by Gasteiger charge is 2.03. The van der Waals surface area contributed by atoms with E-state index >= 15 is 0 Å². The molecule has 0 unspecified atom stereocenters. The van der Waals surface area contributed by atoms with Crippen molar-refractivity contribution in [2.45, 2.75) is 6.54 Å². The quantitative estimate of drug-likeness (QED) is 0.749. The predicted octanol–water partition coefficient (Wildman–Crippen LogP) is 3.83. The van der Waals surface area contributed by atoms with Crippen LogP contribution in [0, 0.1) is 0 Å². The molecule has 2 heterocycles. The lowest BCUT2D eigenvalue weighted by Crippen LogP contribution is -1.98. The normalized spacial score (nSPS) is 10.7. The molecular weight excluding hydrogens is 246 g/mol. The van der Waals surface area contributed by atoms with Crippen molar-refractivity contribution in [2.24, 2.45) is 0 Å². The minimum Gasteiger partial charge on any atom is -0.381 e. The third kappa shape index (κ3) is 2.17. The van der Waals surface area contributed by atoms with Crippen molar-refractivity contribution in [1.29, 1.82) is 0 Å². The Labute approximate surface area is 110 Å². The smallest absolute Gasteiger partial charge is 0.137 e. The van der Waals surface area contributed by atoms with E-state index in [9.17, 15) is 0 Å². The first kappa shape index (κ1) is 11.1. The summed E-state index contributed by atoms with van der Waals surface area (Å²) in [5.74, 6) is 0. The minimum absolute atomic E-state index is 0.747. The SMILES string of the molecule is Clc1ccc(NCc2c[nH]c3ncccc23)cc1. The van der Waals surface area contributed by atoms with Gasteiger partial charge in [-0.3, -0.25) is 0 Å². The molecule has 0 atom stereocenters. The molecule has 0 saturated carbocycles. The van der Waals surface area contributed by atoms with E-state index in [1.807, 2.05) is 36.5 Å². The molecule has 0 fully saturated rings. The number of hydrogen-bond donors (Lipinski definition) is 2. The summed E-state index contributed by atoms with van der Waals surface area (Å²) in [6, 6.07) is 11.7. The van der Waals surface area contributed by atoms with Gasteiger partial charge in [-0.1, -0.05) is 11.6 Å². The molecule has 1 aromatic carbocycles. The number of aromatic amines is 1. The van der Waals surface area contributed by atoms with Crippen LogP contribution in [0.3, 0.4) is 0 Å². The van der Waals surface area contributed by atoms with E-state index in [2.05, 4.69) is 21.4 Å². The topological polar surface area (TPSA) is 40.7 Å². The molecule has 0 radical (unpaired) electrons. The molecule has 0 saturated heterocycles. The average Bonchev–Trinajstić information content (AvgIpc) is 2.82. The standard InChI is InChI=1S/C14H12ClN3/c15-11-3-5-12(6-4-11)17-8-10-9-18-14-13(10)2-1-7-16-14/h1-7,9,17H,8H2,(H,16,18). The molecule has 0 spiro atoms. The maximum absolute atomic E-state index is 5.85. The van der Waals surface area contributed by atoms with Crippen LogP contribution in [0.25, 0.3) is 11.0 Å². The Hall–Kier alpha value is -2.00. The summed E-state index contributed by atoms with van der Waals surface area (Å²) in [4.78, 5) is 7.43. The second kappa shape index (κ2) is 4.70. The summed E-state index contributed by atoms with van der Waals surface area (Å²) in [6.45, 7) is 0.757. The van der Waals surface area contributed by atoms with Gasteiger partial charge in [0, 0.05) is 35.0 Å². The van der Waals surface area contributed by atoms with Gasteiger partial charge in [-0.2, -0.15) is 0 Å². The number of H-pyrrole nitrogens is 1. The van der Waals surface area contributed by atoms with Crippen molar-refractivity contribution in [1.82, 2.24) is 9.97 Å². The molecule has 0 aliphatic carbocycles. The van der Waals surface area contributed by atoms with E-state index in [4.69, 9.17) is 11.6 Å². The largest absolute Gasteiger partial charge is 0.381 e. The number of halogens is 1. The molecule has 0 bridgehead atoms. The Morgan fingerprint density at radius 2 is 2.00 bits per heavy atom. The molecule has 3 aromatic rings. The molecule has 0 aliphatic rings. The second-order valence-corrected chi connectivity index (χ2v) is 4.51. The van der Waals surface area contributed by atoms with Crippen LogP contribution in [0.5, 0.6) is 0 Å². The Morgan fingerprint density at radius 1 is 1.17 bits per heavy atom. The first-order valence-electron chi connectivity index (χ1n) is 5.73. The summed E-state index contributed by atoms with van der Waals surface area (Å²) in [6.07, 6.45) is 3.77. The van der Waals surface area contributed by atoms with Gasteiger partial charge >= 0.3 is 0 Å². The third-order valence-electron chi connectivity index (χ3n) is 2.86. The van der Waals surface area contributed by atoms with Crippen molar-refractivity contribution >= 4 is 28.3 Å². The number of benzene rings is 1. The van der Waals surface area contributed by atoms with Gasteiger partial charge < -0.3 is 10.3 Å². The summed E-state index contributed by atoms with van der Waals surface area (Å²) in [5, 5.41) is 5.26. The monoisotopic (exact) mass is 257 g/mol. The number of aromatic nitrogens is 2. The van der Waals surface area contributed by atoms with Crippen molar-refractivity contribution in [3.63, 3.8) is 0 Å². The zero-order chi connectivity index (χ0) is 12.4. The maximum Gasteiger partial charge on any atom is 0.137 e.